The van der Waals surface area contributed by atoms with Gasteiger partial charge in [0.25, 0.3) is 5.56 Å². The van der Waals surface area contributed by atoms with Gasteiger partial charge in [0.15, 0.2) is 27.8 Å². The zero-order chi connectivity index (χ0) is 32.8. The van der Waals surface area contributed by atoms with Crippen molar-refractivity contribution in [2.45, 2.75) is 40.3 Å². The van der Waals surface area contributed by atoms with Gasteiger partial charge in [-0.1, -0.05) is 58.8 Å². The van der Waals surface area contributed by atoms with Crippen LogP contribution in [0.15, 0.2) is 76.2 Å². The van der Waals surface area contributed by atoms with Crippen molar-refractivity contribution in [3.63, 3.8) is 0 Å². The number of halogens is 1. The Hall–Kier alpha value is -4.54. The second-order valence-electron chi connectivity index (χ2n) is 10.3. The van der Waals surface area contributed by atoms with E-state index < -0.39 is 12.0 Å². The van der Waals surface area contributed by atoms with Gasteiger partial charge in [0.2, 0.25) is 0 Å². The van der Waals surface area contributed by atoms with E-state index in [1.54, 1.807) is 36.4 Å². The van der Waals surface area contributed by atoms with E-state index in [1.165, 1.54) is 29.2 Å². The summed E-state index contributed by atoms with van der Waals surface area (Å²) in [6, 6.07) is 16.1. The number of thiazole rings is 1. The Morgan fingerprint density at radius 2 is 1.63 bits per heavy atom. The number of hydrogen-bond acceptors (Lipinski definition) is 9. The first-order valence-electron chi connectivity index (χ1n) is 14.9. The van der Waals surface area contributed by atoms with Crippen LogP contribution >= 0.6 is 22.9 Å². The second kappa shape index (κ2) is 14.7. The molecule has 0 bridgehead atoms. The second-order valence-corrected chi connectivity index (χ2v) is 11.7. The molecule has 1 aliphatic rings. The Kier molecular flexibility index (Phi) is 10.5. The number of nitrogens with zero attached hydrogens (tertiary/aromatic N) is 2. The predicted octanol–water partition coefficient (Wildman–Crippen LogP) is 5.76. The van der Waals surface area contributed by atoms with E-state index in [9.17, 15) is 9.59 Å². The SMILES string of the molecule is CCOc1ccc([C@H]2C(C(=O)OC)=CN=c3s/c(=C\c4cc(Cl)c(OCc5ccc(C)cc5)c(OCC)c4)c(=O)n32)cc1OCC. The first kappa shape index (κ1) is 32.8. The number of esters is 1. The molecule has 1 atom stereocenters. The van der Waals surface area contributed by atoms with Gasteiger partial charge in [-0.15, -0.1) is 0 Å². The van der Waals surface area contributed by atoms with Crippen LogP contribution < -0.4 is 33.8 Å². The van der Waals surface area contributed by atoms with Crippen molar-refractivity contribution >= 4 is 35.0 Å². The van der Waals surface area contributed by atoms with Gasteiger partial charge in [0.1, 0.15) is 6.61 Å². The highest BCUT2D eigenvalue weighted by molar-refractivity contribution is 7.07. The summed E-state index contributed by atoms with van der Waals surface area (Å²) in [5.41, 5.74) is 3.33. The van der Waals surface area contributed by atoms with Gasteiger partial charge in [-0.25, -0.2) is 9.79 Å². The van der Waals surface area contributed by atoms with Crippen molar-refractivity contribution in [2.75, 3.05) is 26.9 Å². The minimum atomic E-state index is -0.805. The highest BCUT2D eigenvalue weighted by atomic mass is 35.5. The lowest BCUT2D eigenvalue weighted by molar-refractivity contribution is -0.136. The molecule has 46 heavy (non-hydrogen) atoms. The van der Waals surface area contributed by atoms with E-state index in [0.29, 0.717) is 74.9 Å². The van der Waals surface area contributed by atoms with Crippen molar-refractivity contribution in [1.29, 1.82) is 0 Å². The number of benzene rings is 3. The molecule has 0 radical (unpaired) electrons. The number of carbonyl (C=O) groups is 1. The van der Waals surface area contributed by atoms with E-state index in [-0.39, 0.29) is 11.1 Å². The van der Waals surface area contributed by atoms with Crippen LogP contribution in [0.3, 0.4) is 0 Å². The number of carbonyl (C=O) groups excluding carboxylic acids is 1. The third kappa shape index (κ3) is 6.98. The molecule has 9 nitrogen and oxygen atoms in total. The fraction of sp³-hybridized carbons (Fsp3) is 0.286. The molecule has 0 fully saturated rings. The zero-order valence-electron chi connectivity index (χ0n) is 26.3. The van der Waals surface area contributed by atoms with E-state index in [2.05, 4.69) is 4.99 Å². The molecule has 4 aromatic rings. The maximum atomic E-state index is 14.0. The molecule has 0 unspecified atom stereocenters. The summed E-state index contributed by atoms with van der Waals surface area (Å²) in [5, 5.41) is 0.348. The van der Waals surface area contributed by atoms with Crippen molar-refractivity contribution in [1.82, 2.24) is 4.57 Å². The highest BCUT2D eigenvalue weighted by Crippen LogP contribution is 2.38. The van der Waals surface area contributed by atoms with Gasteiger partial charge < -0.3 is 23.7 Å². The molecule has 3 aromatic carbocycles. The summed E-state index contributed by atoms with van der Waals surface area (Å²) < 4.78 is 30.5. The largest absolute Gasteiger partial charge is 0.490 e. The fourth-order valence-electron chi connectivity index (χ4n) is 5.05. The average Bonchev–Trinajstić information content (AvgIpc) is 3.36. The zero-order valence-corrected chi connectivity index (χ0v) is 27.9. The fourth-order valence-corrected chi connectivity index (χ4v) is 6.30. The Morgan fingerprint density at radius 3 is 2.33 bits per heavy atom. The van der Waals surface area contributed by atoms with Crippen LogP contribution in [-0.4, -0.2) is 37.5 Å². The molecule has 0 saturated heterocycles. The number of rotatable bonds is 12. The number of aryl methyl sites for hydroxylation is 1. The van der Waals surface area contributed by atoms with Crippen LogP contribution in [0, 0.1) is 6.92 Å². The van der Waals surface area contributed by atoms with E-state index >= 15 is 0 Å². The maximum absolute atomic E-state index is 14.0. The molecule has 1 aromatic heterocycles. The first-order chi connectivity index (χ1) is 22.3. The summed E-state index contributed by atoms with van der Waals surface area (Å²) >= 11 is 7.91. The molecule has 11 heteroatoms. The van der Waals surface area contributed by atoms with Crippen LogP contribution in [-0.2, 0) is 16.1 Å². The molecule has 0 N–H and O–H groups in total. The average molecular weight is 663 g/mol. The maximum Gasteiger partial charge on any atom is 0.337 e. The quantitative estimate of drug-likeness (QED) is 0.178. The van der Waals surface area contributed by atoms with Gasteiger partial charge in [-0.3, -0.25) is 9.36 Å². The van der Waals surface area contributed by atoms with E-state index in [0.717, 1.165) is 11.1 Å². The van der Waals surface area contributed by atoms with Gasteiger partial charge in [0, 0.05) is 6.20 Å². The Bertz CT molecular complexity index is 1950. The number of aromatic nitrogens is 1. The summed E-state index contributed by atoms with van der Waals surface area (Å²) in [4.78, 5) is 31.8. The van der Waals surface area contributed by atoms with Crippen molar-refractivity contribution in [3.8, 4) is 23.0 Å². The number of fused-ring (bicyclic) bond motifs is 1. The standard InChI is InChI=1S/C35H35ClN2O7S/c1-6-42-27-14-13-24(18-28(27)43-7-2)31-25(34(40)41-5)19-37-35-38(31)33(39)30(46-35)17-23-15-26(36)32(29(16-23)44-8-3)45-20-22-11-9-21(4)10-12-22/h9-19,31H,6-8,20H2,1-5H3/b30-17-/t31-/m0/s1. The lowest BCUT2D eigenvalue weighted by atomic mass is 9.97. The molecule has 2 heterocycles. The molecule has 240 valence electrons. The molecular formula is C35H35ClN2O7S. The minimum absolute atomic E-state index is 0.213. The Morgan fingerprint density at radius 1 is 0.935 bits per heavy atom. The highest BCUT2D eigenvalue weighted by Gasteiger charge is 2.31. The predicted molar refractivity (Wildman–Crippen MR) is 178 cm³/mol. The monoisotopic (exact) mass is 662 g/mol. The molecular weight excluding hydrogens is 628 g/mol. The van der Waals surface area contributed by atoms with Crippen molar-refractivity contribution in [3.05, 3.63) is 113 Å². The topological polar surface area (TPSA) is 97.6 Å². The minimum Gasteiger partial charge on any atom is -0.490 e. The van der Waals surface area contributed by atoms with Crippen molar-refractivity contribution in [2.24, 2.45) is 4.99 Å². The Labute approximate surface area is 275 Å². The number of hydrogen-bond donors (Lipinski definition) is 0. The van der Waals surface area contributed by atoms with Gasteiger partial charge in [0.05, 0.1) is 48.1 Å². The van der Waals surface area contributed by atoms with Crippen LogP contribution in [0.4, 0.5) is 0 Å². The molecule has 1 aliphatic heterocycles. The number of ether oxygens (including phenoxy) is 5. The molecule has 0 amide bonds. The third-order valence-corrected chi connectivity index (χ3v) is 8.42. The normalized spacial score (nSPS) is 14.2. The molecule has 0 spiro atoms. The van der Waals surface area contributed by atoms with Gasteiger partial charge in [-0.2, -0.15) is 0 Å². The lowest BCUT2D eigenvalue weighted by Crippen LogP contribution is -2.39. The van der Waals surface area contributed by atoms with Crippen LogP contribution in [0.1, 0.15) is 49.1 Å². The summed E-state index contributed by atoms with van der Waals surface area (Å²) in [6.07, 6.45) is 3.18. The third-order valence-electron chi connectivity index (χ3n) is 7.14. The molecule has 0 aliphatic carbocycles. The van der Waals surface area contributed by atoms with Crippen molar-refractivity contribution < 1.29 is 28.5 Å². The molecule has 0 saturated carbocycles. The van der Waals surface area contributed by atoms with Crippen LogP contribution in [0.25, 0.3) is 6.08 Å². The van der Waals surface area contributed by atoms with E-state index in [1.807, 2.05) is 52.0 Å². The number of methoxy groups -OCH3 is 1. The molecule has 5 rings (SSSR count). The van der Waals surface area contributed by atoms with Gasteiger partial charge >= 0.3 is 5.97 Å². The first-order valence-corrected chi connectivity index (χ1v) is 16.1. The van der Waals surface area contributed by atoms with Crippen LogP contribution in [0.2, 0.25) is 5.02 Å². The summed E-state index contributed by atoms with van der Waals surface area (Å²) in [5.74, 6) is 1.37. The van der Waals surface area contributed by atoms with Crippen LogP contribution in [0.5, 0.6) is 23.0 Å². The smallest absolute Gasteiger partial charge is 0.337 e. The summed E-state index contributed by atoms with van der Waals surface area (Å²) in [6.45, 7) is 9.24. The lowest BCUT2D eigenvalue weighted by Gasteiger charge is -2.23. The Balaban J connectivity index is 1.57. The van der Waals surface area contributed by atoms with Gasteiger partial charge in [-0.05, 0) is 74.7 Å². The van der Waals surface area contributed by atoms with E-state index in [4.69, 9.17) is 35.3 Å². The summed E-state index contributed by atoms with van der Waals surface area (Å²) in [7, 11) is 1.29.